The SMILES string of the molecule is CC1CCC(CCCCC2CCC(c3cc(F)cc(F)c3)CC2)CC1. The molecule has 0 spiro atoms. The monoisotopic (exact) mass is 348 g/mol. The molecule has 140 valence electrons. The minimum atomic E-state index is -0.436. The quantitative estimate of drug-likeness (QED) is 0.464. The highest BCUT2D eigenvalue weighted by Gasteiger charge is 2.23. The second kappa shape index (κ2) is 9.14. The third-order valence-electron chi connectivity index (χ3n) is 6.81. The average molecular weight is 349 g/mol. The molecule has 0 heterocycles. The summed E-state index contributed by atoms with van der Waals surface area (Å²) in [6.07, 6.45) is 16.0. The van der Waals surface area contributed by atoms with Crippen LogP contribution in [0.1, 0.15) is 95.5 Å². The Morgan fingerprint density at radius 3 is 1.72 bits per heavy atom. The molecule has 0 N–H and O–H groups in total. The zero-order chi connectivity index (χ0) is 17.6. The van der Waals surface area contributed by atoms with E-state index in [1.807, 2.05) is 0 Å². The summed E-state index contributed by atoms with van der Waals surface area (Å²) in [5.41, 5.74) is 0.863. The van der Waals surface area contributed by atoms with Crippen LogP contribution < -0.4 is 0 Å². The van der Waals surface area contributed by atoms with E-state index in [0.717, 1.165) is 42.2 Å². The molecule has 2 heteroatoms. The Morgan fingerprint density at radius 1 is 0.720 bits per heavy atom. The molecule has 25 heavy (non-hydrogen) atoms. The van der Waals surface area contributed by atoms with Crippen molar-refractivity contribution in [2.45, 2.75) is 89.9 Å². The highest BCUT2D eigenvalue weighted by atomic mass is 19.1. The van der Waals surface area contributed by atoms with Gasteiger partial charge in [0.1, 0.15) is 11.6 Å². The minimum Gasteiger partial charge on any atom is -0.207 e. The normalized spacial score (nSPS) is 30.4. The lowest BCUT2D eigenvalue weighted by Crippen LogP contribution is -2.14. The molecule has 0 aliphatic heterocycles. The van der Waals surface area contributed by atoms with Gasteiger partial charge < -0.3 is 0 Å². The van der Waals surface area contributed by atoms with Gasteiger partial charge in [0.05, 0.1) is 0 Å². The lowest BCUT2D eigenvalue weighted by molar-refractivity contribution is 0.262. The standard InChI is InChI=1S/C23H34F2/c1-17-6-8-18(9-7-17)4-2-3-5-19-10-12-20(13-11-19)21-14-22(24)16-23(25)15-21/h14-20H,2-13H2,1H3. The van der Waals surface area contributed by atoms with E-state index < -0.39 is 11.6 Å². The number of unbranched alkanes of at least 4 members (excludes halogenated alkanes) is 1. The van der Waals surface area contributed by atoms with Gasteiger partial charge in [0.25, 0.3) is 0 Å². The lowest BCUT2D eigenvalue weighted by atomic mass is 9.76. The van der Waals surface area contributed by atoms with Crippen LogP contribution in [0.4, 0.5) is 8.78 Å². The van der Waals surface area contributed by atoms with Gasteiger partial charge in [-0.25, -0.2) is 8.78 Å². The van der Waals surface area contributed by atoms with Gasteiger partial charge in [-0.3, -0.25) is 0 Å². The maximum atomic E-state index is 13.4. The van der Waals surface area contributed by atoms with Crippen molar-refractivity contribution in [3.63, 3.8) is 0 Å². The molecule has 0 unspecified atom stereocenters. The Morgan fingerprint density at radius 2 is 1.20 bits per heavy atom. The van der Waals surface area contributed by atoms with E-state index in [9.17, 15) is 8.78 Å². The molecule has 0 radical (unpaired) electrons. The Bertz CT molecular complexity index is 503. The van der Waals surface area contributed by atoms with Crippen LogP contribution in [0.15, 0.2) is 18.2 Å². The summed E-state index contributed by atoms with van der Waals surface area (Å²) >= 11 is 0. The maximum Gasteiger partial charge on any atom is 0.126 e. The molecule has 0 aromatic heterocycles. The van der Waals surface area contributed by atoms with E-state index in [2.05, 4.69) is 6.92 Å². The smallest absolute Gasteiger partial charge is 0.126 e. The topological polar surface area (TPSA) is 0 Å². The second-order valence-electron chi connectivity index (χ2n) is 8.83. The first-order chi connectivity index (χ1) is 12.1. The van der Waals surface area contributed by atoms with Gasteiger partial charge in [-0.2, -0.15) is 0 Å². The van der Waals surface area contributed by atoms with Crippen LogP contribution in [0, 0.1) is 29.4 Å². The highest BCUT2D eigenvalue weighted by molar-refractivity contribution is 5.22. The third kappa shape index (κ3) is 5.79. The van der Waals surface area contributed by atoms with Crippen LogP contribution in [-0.4, -0.2) is 0 Å². The van der Waals surface area contributed by atoms with Crippen molar-refractivity contribution < 1.29 is 8.78 Å². The van der Waals surface area contributed by atoms with Gasteiger partial charge in [-0.1, -0.05) is 58.3 Å². The Labute approximate surface area is 152 Å². The zero-order valence-corrected chi connectivity index (χ0v) is 15.8. The Hall–Kier alpha value is -0.920. The minimum absolute atomic E-state index is 0.352. The summed E-state index contributed by atoms with van der Waals surface area (Å²) in [5.74, 6) is 2.27. The Kier molecular flexibility index (Phi) is 6.90. The van der Waals surface area contributed by atoms with Crippen molar-refractivity contribution in [1.29, 1.82) is 0 Å². The van der Waals surface area contributed by atoms with Gasteiger partial charge in [0, 0.05) is 6.07 Å². The third-order valence-corrected chi connectivity index (χ3v) is 6.81. The number of benzene rings is 1. The Balaban J connectivity index is 1.33. The molecule has 2 fully saturated rings. The van der Waals surface area contributed by atoms with Crippen LogP contribution in [0.25, 0.3) is 0 Å². The molecular formula is C23H34F2. The van der Waals surface area contributed by atoms with Crippen LogP contribution in [0.2, 0.25) is 0 Å². The first-order valence-corrected chi connectivity index (χ1v) is 10.6. The summed E-state index contributed by atoms with van der Waals surface area (Å²) in [5, 5.41) is 0. The molecule has 3 rings (SSSR count). The number of hydrogen-bond donors (Lipinski definition) is 0. The lowest BCUT2D eigenvalue weighted by Gasteiger charge is -2.29. The molecule has 1 aromatic rings. The van der Waals surface area contributed by atoms with E-state index in [0.29, 0.717) is 5.92 Å². The fraction of sp³-hybridized carbons (Fsp3) is 0.739. The number of rotatable bonds is 6. The van der Waals surface area contributed by atoms with E-state index in [1.54, 1.807) is 0 Å². The fourth-order valence-electron chi connectivity index (χ4n) is 5.08. The van der Waals surface area contributed by atoms with Crippen molar-refractivity contribution in [2.24, 2.45) is 17.8 Å². The fourth-order valence-corrected chi connectivity index (χ4v) is 5.08. The largest absolute Gasteiger partial charge is 0.207 e. The highest BCUT2D eigenvalue weighted by Crippen LogP contribution is 2.38. The van der Waals surface area contributed by atoms with Gasteiger partial charge in [-0.05, 0) is 67.1 Å². The van der Waals surface area contributed by atoms with Gasteiger partial charge >= 0.3 is 0 Å². The van der Waals surface area contributed by atoms with Crippen molar-refractivity contribution in [3.8, 4) is 0 Å². The molecule has 0 bridgehead atoms. The number of halogens is 2. The summed E-state index contributed by atoms with van der Waals surface area (Å²) in [6, 6.07) is 4.03. The van der Waals surface area contributed by atoms with E-state index >= 15 is 0 Å². The van der Waals surface area contributed by atoms with E-state index in [1.165, 1.54) is 76.3 Å². The summed E-state index contributed by atoms with van der Waals surface area (Å²) in [6.45, 7) is 2.39. The second-order valence-corrected chi connectivity index (χ2v) is 8.83. The van der Waals surface area contributed by atoms with Gasteiger partial charge in [-0.15, -0.1) is 0 Å². The molecule has 0 nitrogen and oxygen atoms in total. The summed E-state index contributed by atoms with van der Waals surface area (Å²) in [7, 11) is 0. The summed E-state index contributed by atoms with van der Waals surface area (Å²) < 4.78 is 26.8. The summed E-state index contributed by atoms with van der Waals surface area (Å²) in [4.78, 5) is 0. The van der Waals surface area contributed by atoms with Crippen molar-refractivity contribution in [2.75, 3.05) is 0 Å². The van der Waals surface area contributed by atoms with Gasteiger partial charge in [0.15, 0.2) is 0 Å². The zero-order valence-electron chi connectivity index (χ0n) is 15.8. The molecule has 1 aromatic carbocycles. The van der Waals surface area contributed by atoms with Crippen LogP contribution >= 0.6 is 0 Å². The molecule has 2 aliphatic carbocycles. The van der Waals surface area contributed by atoms with Crippen LogP contribution in [0.5, 0.6) is 0 Å². The molecule has 0 saturated heterocycles. The van der Waals surface area contributed by atoms with E-state index in [4.69, 9.17) is 0 Å². The van der Waals surface area contributed by atoms with Crippen LogP contribution in [0.3, 0.4) is 0 Å². The number of hydrogen-bond acceptors (Lipinski definition) is 0. The van der Waals surface area contributed by atoms with Crippen LogP contribution in [-0.2, 0) is 0 Å². The molecular weight excluding hydrogens is 314 g/mol. The maximum absolute atomic E-state index is 13.4. The van der Waals surface area contributed by atoms with Crippen molar-refractivity contribution in [3.05, 3.63) is 35.4 Å². The predicted molar refractivity (Wildman–Crippen MR) is 101 cm³/mol. The molecule has 0 atom stereocenters. The molecule has 2 aliphatic rings. The first-order valence-electron chi connectivity index (χ1n) is 10.6. The first kappa shape index (κ1) is 18.9. The molecule has 2 saturated carbocycles. The van der Waals surface area contributed by atoms with Crippen molar-refractivity contribution in [1.82, 2.24) is 0 Å². The van der Waals surface area contributed by atoms with Gasteiger partial charge in [0.2, 0.25) is 0 Å². The average Bonchev–Trinajstić information content (AvgIpc) is 2.60. The molecule has 0 amide bonds. The van der Waals surface area contributed by atoms with Crippen molar-refractivity contribution >= 4 is 0 Å². The predicted octanol–water partition coefficient (Wildman–Crippen LogP) is 7.63. The van der Waals surface area contributed by atoms with E-state index in [-0.39, 0.29) is 0 Å².